The molecule has 98 valence electrons. The zero-order valence-electron chi connectivity index (χ0n) is 10.8. The number of rotatable bonds is 3. The number of anilines is 1. The van der Waals surface area contributed by atoms with Crippen LogP contribution in [0.3, 0.4) is 0 Å². The molecule has 1 rings (SSSR count). The van der Waals surface area contributed by atoms with Crippen LogP contribution in [0.25, 0.3) is 0 Å². The maximum absolute atomic E-state index is 13.1. The van der Waals surface area contributed by atoms with Crippen LogP contribution < -0.4 is 5.32 Å². The molecular formula is C13H16FNO3. The maximum atomic E-state index is 13.1. The fraction of sp³-hybridized carbons (Fsp3) is 0.385. The zero-order chi connectivity index (χ0) is 13.9. The quantitative estimate of drug-likeness (QED) is 0.664. The third-order valence-corrected chi connectivity index (χ3v) is 2.68. The predicted octanol–water partition coefficient (Wildman–Crippen LogP) is 2.27. The van der Waals surface area contributed by atoms with Gasteiger partial charge in [-0.3, -0.25) is 9.59 Å². The number of nitrogens with one attached hydrogen (secondary N) is 1. The summed E-state index contributed by atoms with van der Waals surface area (Å²) in [5.74, 6) is -1.47. The number of hydrogen-bond donors (Lipinski definition) is 1. The smallest absolute Gasteiger partial charge is 0.320 e. The van der Waals surface area contributed by atoms with Crippen molar-refractivity contribution in [2.24, 2.45) is 5.41 Å². The monoisotopic (exact) mass is 253 g/mol. The van der Waals surface area contributed by atoms with Gasteiger partial charge in [-0.25, -0.2) is 4.39 Å². The third kappa shape index (κ3) is 2.85. The van der Waals surface area contributed by atoms with Gasteiger partial charge in [-0.1, -0.05) is 0 Å². The van der Waals surface area contributed by atoms with Gasteiger partial charge in [-0.15, -0.1) is 0 Å². The van der Waals surface area contributed by atoms with Gasteiger partial charge < -0.3 is 10.1 Å². The van der Waals surface area contributed by atoms with Gasteiger partial charge in [-0.05, 0) is 44.5 Å². The summed E-state index contributed by atoms with van der Waals surface area (Å²) in [4.78, 5) is 23.4. The Kier molecular flexibility index (Phi) is 4.06. The Labute approximate surface area is 105 Å². The Bertz CT molecular complexity index is 483. The van der Waals surface area contributed by atoms with Crippen molar-refractivity contribution in [3.63, 3.8) is 0 Å². The van der Waals surface area contributed by atoms with Gasteiger partial charge in [0.05, 0.1) is 7.11 Å². The molecule has 1 amide bonds. The summed E-state index contributed by atoms with van der Waals surface area (Å²) in [6, 6.07) is 4.20. The second kappa shape index (κ2) is 5.16. The molecule has 18 heavy (non-hydrogen) atoms. The topological polar surface area (TPSA) is 55.4 Å². The molecule has 0 fully saturated rings. The number of benzene rings is 1. The van der Waals surface area contributed by atoms with Crippen molar-refractivity contribution in [3.05, 3.63) is 29.6 Å². The molecule has 0 aliphatic carbocycles. The number of esters is 1. The molecule has 0 spiro atoms. The highest BCUT2D eigenvalue weighted by molar-refractivity contribution is 6.08. The highest BCUT2D eigenvalue weighted by atomic mass is 19.1. The Hall–Kier alpha value is -1.91. The van der Waals surface area contributed by atoms with Crippen molar-refractivity contribution in [1.82, 2.24) is 0 Å². The van der Waals surface area contributed by atoms with E-state index < -0.39 is 17.3 Å². The number of carbonyl (C=O) groups is 2. The summed E-state index contributed by atoms with van der Waals surface area (Å²) < 4.78 is 17.6. The maximum Gasteiger partial charge on any atom is 0.320 e. The van der Waals surface area contributed by atoms with Crippen molar-refractivity contribution >= 4 is 17.6 Å². The van der Waals surface area contributed by atoms with Crippen LogP contribution in [-0.2, 0) is 14.3 Å². The highest BCUT2D eigenvalue weighted by Crippen LogP contribution is 2.21. The first-order valence-electron chi connectivity index (χ1n) is 5.45. The van der Waals surface area contributed by atoms with Crippen LogP contribution >= 0.6 is 0 Å². The Balaban J connectivity index is 2.87. The van der Waals surface area contributed by atoms with Crippen molar-refractivity contribution in [3.8, 4) is 0 Å². The molecule has 0 aromatic heterocycles. The van der Waals surface area contributed by atoms with E-state index in [4.69, 9.17) is 0 Å². The van der Waals surface area contributed by atoms with Gasteiger partial charge in [0.1, 0.15) is 11.2 Å². The lowest BCUT2D eigenvalue weighted by molar-refractivity contribution is -0.154. The molecular weight excluding hydrogens is 237 g/mol. The molecule has 0 radical (unpaired) electrons. The lowest BCUT2D eigenvalue weighted by Crippen LogP contribution is -2.38. The zero-order valence-corrected chi connectivity index (χ0v) is 10.8. The summed E-state index contributed by atoms with van der Waals surface area (Å²) in [7, 11) is 1.22. The molecule has 1 aromatic carbocycles. The van der Waals surface area contributed by atoms with Crippen LogP contribution in [0.5, 0.6) is 0 Å². The second-order valence-corrected chi connectivity index (χ2v) is 4.53. The van der Waals surface area contributed by atoms with Crippen molar-refractivity contribution < 1.29 is 18.7 Å². The van der Waals surface area contributed by atoms with Crippen LogP contribution in [0.4, 0.5) is 10.1 Å². The number of hydrogen-bond acceptors (Lipinski definition) is 3. The molecule has 0 saturated carbocycles. The first kappa shape index (κ1) is 14.2. The standard InChI is InChI=1S/C13H16FNO3/c1-8-7-9(5-6-10(8)14)15-11(16)13(2,3)12(17)18-4/h5-7H,1-4H3,(H,15,16). The van der Waals surface area contributed by atoms with E-state index in [2.05, 4.69) is 10.1 Å². The van der Waals surface area contributed by atoms with Crippen LogP contribution in [0.15, 0.2) is 18.2 Å². The lowest BCUT2D eigenvalue weighted by Gasteiger charge is -2.20. The summed E-state index contributed by atoms with van der Waals surface area (Å²) in [5, 5.41) is 2.56. The fourth-order valence-corrected chi connectivity index (χ4v) is 1.36. The number of ether oxygens (including phenoxy) is 1. The molecule has 0 unspecified atom stereocenters. The molecule has 1 N–H and O–H groups in total. The lowest BCUT2D eigenvalue weighted by atomic mass is 9.92. The third-order valence-electron chi connectivity index (χ3n) is 2.68. The minimum absolute atomic E-state index is 0.347. The summed E-state index contributed by atoms with van der Waals surface area (Å²) in [6.45, 7) is 4.52. The Morgan fingerprint density at radius 1 is 1.33 bits per heavy atom. The number of methoxy groups -OCH3 is 1. The van der Waals surface area contributed by atoms with Crippen LogP contribution in [0, 0.1) is 18.2 Å². The molecule has 0 saturated heterocycles. The molecule has 0 aliphatic rings. The predicted molar refractivity (Wildman–Crippen MR) is 65.6 cm³/mol. The number of amides is 1. The van der Waals surface area contributed by atoms with Crippen LogP contribution in [0.1, 0.15) is 19.4 Å². The second-order valence-electron chi connectivity index (χ2n) is 4.53. The minimum atomic E-state index is -1.29. The highest BCUT2D eigenvalue weighted by Gasteiger charge is 2.37. The van der Waals surface area contributed by atoms with Crippen molar-refractivity contribution in [2.75, 3.05) is 12.4 Å². The van der Waals surface area contributed by atoms with E-state index in [0.717, 1.165) is 0 Å². The van der Waals surface area contributed by atoms with E-state index in [0.29, 0.717) is 11.3 Å². The van der Waals surface area contributed by atoms with E-state index in [1.165, 1.54) is 39.2 Å². The first-order valence-corrected chi connectivity index (χ1v) is 5.45. The fourth-order valence-electron chi connectivity index (χ4n) is 1.36. The SMILES string of the molecule is COC(=O)C(C)(C)C(=O)Nc1ccc(F)c(C)c1. The van der Waals surface area contributed by atoms with Crippen molar-refractivity contribution in [2.45, 2.75) is 20.8 Å². The summed E-state index contributed by atoms with van der Waals surface area (Å²) in [5.41, 5.74) is -0.434. The van der Waals surface area contributed by atoms with Gasteiger partial charge in [0, 0.05) is 5.69 Å². The normalized spacial score (nSPS) is 10.9. The minimum Gasteiger partial charge on any atom is -0.468 e. The van der Waals surface area contributed by atoms with Crippen molar-refractivity contribution in [1.29, 1.82) is 0 Å². The van der Waals surface area contributed by atoms with Gasteiger partial charge >= 0.3 is 5.97 Å². The average Bonchev–Trinajstić information content (AvgIpc) is 2.32. The molecule has 0 bridgehead atoms. The molecule has 0 atom stereocenters. The van der Waals surface area contributed by atoms with E-state index >= 15 is 0 Å². The van der Waals surface area contributed by atoms with E-state index in [-0.39, 0.29) is 5.82 Å². The Morgan fingerprint density at radius 3 is 2.44 bits per heavy atom. The summed E-state index contributed by atoms with van der Waals surface area (Å²) in [6.07, 6.45) is 0. The Morgan fingerprint density at radius 2 is 1.94 bits per heavy atom. The molecule has 1 aromatic rings. The average molecular weight is 253 g/mol. The van der Waals surface area contributed by atoms with Gasteiger partial charge in [0.2, 0.25) is 5.91 Å². The summed E-state index contributed by atoms with van der Waals surface area (Å²) >= 11 is 0. The first-order chi connectivity index (χ1) is 8.28. The molecule has 0 aliphatic heterocycles. The van der Waals surface area contributed by atoms with Gasteiger partial charge in [0.15, 0.2) is 0 Å². The van der Waals surface area contributed by atoms with Gasteiger partial charge in [-0.2, -0.15) is 0 Å². The van der Waals surface area contributed by atoms with Crippen LogP contribution in [0.2, 0.25) is 0 Å². The van der Waals surface area contributed by atoms with E-state index in [9.17, 15) is 14.0 Å². The number of halogens is 1. The van der Waals surface area contributed by atoms with Crippen LogP contribution in [-0.4, -0.2) is 19.0 Å². The van der Waals surface area contributed by atoms with E-state index in [1.807, 2.05) is 0 Å². The molecule has 0 heterocycles. The molecule has 5 heteroatoms. The molecule has 4 nitrogen and oxygen atoms in total. The number of aryl methyl sites for hydroxylation is 1. The number of carbonyl (C=O) groups excluding carboxylic acids is 2. The van der Waals surface area contributed by atoms with E-state index in [1.54, 1.807) is 6.92 Å². The van der Waals surface area contributed by atoms with Gasteiger partial charge in [0.25, 0.3) is 0 Å². The largest absolute Gasteiger partial charge is 0.468 e.